The van der Waals surface area contributed by atoms with Crippen molar-refractivity contribution in [3.63, 3.8) is 0 Å². The number of likely N-dealkylation sites (tertiary alicyclic amines) is 1. The van der Waals surface area contributed by atoms with Gasteiger partial charge in [0.2, 0.25) is 5.91 Å². The predicted molar refractivity (Wildman–Crippen MR) is 111 cm³/mol. The molecule has 0 radical (unpaired) electrons. The summed E-state index contributed by atoms with van der Waals surface area (Å²) >= 11 is 0. The Kier molecular flexibility index (Phi) is 6.75. The number of carbonyl (C=O) groups is 2. The molecule has 1 saturated heterocycles. The van der Waals surface area contributed by atoms with Crippen molar-refractivity contribution in [2.45, 2.75) is 32.2 Å². The number of aryl methyl sites for hydroxylation is 1. The first-order chi connectivity index (χ1) is 14.0. The van der Waals surface area contributed by atoms with Crippen LogP contribution in [0.25, 0.3) is 0 Å². The van der Waals surface area contributed by atoms with Gasteiger partial charge in [0.1, 0.15) is 0 Å². The maximum absolute atomic E-state index is 12.6. The molecular formula is C23H28N2O4. The number of nitrogens with zero attached hydrogens (tertiary/aromatic N) is 1. The first-order valence-electron chi connectivity index (χ1n) is 9.86. The van der Waals surface area contributed by atoms with E-state index in [4.69, 9.17) is 9.47 Å². The van der Waals surface area contributed by atoms with Crippen molar-refractivity contribution in [2.75, 3.05) is 27.3 Å². The van der Waals surface area contributed by atoms with Crippen molar-refractivity contribution in [2.24, 2.45) is 0 Å². The maximum atomic E-state index is 12.6. The largest absolute Gasteiger partial charge is 0.493 e. The van der Waals surface area contributed by atoms with Crippen molar-refractivity contribution in [3.05, 3.63) is 59.2 Å². The van der Waals surface area contributed by atoms with E-state index in [-0.39, 0.29) is 17.9 Å². The van der Waals surface area contributed by atoms with Crippen LogP contribution in [0.4, 0.5) is 0 Å². The van der Waals surface area contributed by atoms with E-state index in [2.05, 4.69) is 5.32 Å². The van der Waals surface area contributed by atoms with Crippen LogP contribution >= 0.6 is 0 Å². The average Bonchev–Trinajstić information content (AvgIpc) is 2.73. The Morgan fingerprint density at radius 1 is 1.03 bits per heavy atom. The lowest BCUT2D eigenvalue weighted by Gasteiger charge is -2.32. The highest BCUT2D eigenvalue weighted by Crippen LogP contribution is 2.27. The highest BCUT2D eigenvalue weighted by molar-refractivity contribution is 5.95. The van der Waals surface area contributed by atoms with Gasteiger partial charge in [-0.2, -0.15) is 0 Å². The van der Waals surface area contributed by atoms with E-state index < -0.39 is 0 Å². The van der Waals surface area contributed by atoms with Gasteiger partial charge < -0.3 is 19.7 Å². The van der Waals surface area contributed by atoms with Crippen LogP contribution < -0.4 is 14.8 Å². The van der Waals surface area contributed by atoms with E-state index in [1.165, 1.54) is 0 Å². The number of hydrogen-bond acceptors (Lipinski definition) is 4. The van der Waals surface area contributed by atoms with Crippen molar-refractivity contribution in [3.8, 4) is 11.5 Å². The molecule has 29 heavy (non-hydrogen) atoms. The molecule has 154 valence electrons. The number of methoxy groups -OCH3 is 2. The number of amides is 2. The van der Waals surface area contributed by atoms with Gasteiger partial charge in [0, 0.05) is 24.7 Å². The lowest BCUT2D eigenvalue weighted by molar-refractivity contribution is -0.131. The zero-order valence-electron chi connectivity index (χ0n) is 17.2. The Hall–Kier alpha value is -3.02. The van der Waals surface area contributed by atoms with Crippen LogP contribution in [0.2, 0.25) is 0 Å². The quantitative estimate of drug-likeness (QED) is 0.815. The molecule has 1 fully saturated rings. The van der Waals surface area contributed by atoms with Crippen LogP contribution in [0.3, 0.4) is 0 Å². The number of ether oxygens (including phenoxy) is 2. The minimum Gasteiger partial charge on any atom is -0.493 e. The molecule has 0 unspecified atom stereocenters. The van der Waals surface area contributed by atoms with Gasteiger partial charge >= 0.3 is 0 Å². The van der Waals surface area contributed by atoms with E-state index in [1.54, 1.807) is 32.4 Å². The second kappa shape index (κ2) is 9.45. The number of nitrogens with one attached hydrogen (secondary N) is 1. The van der Waals surface area contributed by atoms with Gasteiger partial charge in [-0.05, 0) is 43.5 Å². The van der Waals surface area contributed by atoms with Gasteiger partial charge in [-0.3, -0.25) is 9.59 Å². The summed E-state index contributed by atoms with van der Waals surface area (Å²) in [5.74, 6) is 1.11. The summed E-state index contributed by atoms with van der Waals surface area (Å²) in [6.07, 6.45) is 1.92. The summed E-state index contributed by atoms with van der Waals surface area (Å²) in [7, 11) is 3.11. The lowest BCUT2D eigenvalue weighted by atomic mass is 10.0. The van der Waals surface area contributed by atoms with Crippen LogP contribution in [0.5, 0.6) is 11.5 Å². The van der Waals surface area contributed by atoms with E-state index in [1.807, 2.05) is 36.1 Å². The molecule has 1 aliphatic rings. The molecule has 0 bridgehead atoms. The van der Waals surface area contributed by atoms with E-state index in [0.717, 1.165) is 24.0 Å². The lowest BCUT2D eigenvalue weighted by Crippen LogP contribution is -2.47. The average molecular weight is 396 g/mol. The van der Waals surface area contributed by atoms with E-state index in [0.29, 0.717) is 36.6 Å². The summed E-state index contributed by atoms with van der Waals surface area (Å²) in [5, 5.41) is 3.07. The monoisotopic (exact) mass is 396 g/mol. The minimum absolute atomic E-state index is 0.0543. The second-order valence-corrected chi connectivity index (χ2v) is 7.36. The third-order valence-corrected chi connectivity index (χ3v) is 5.27. The zero-order valence-corrected chi connectivity index (χ0v) is 17.2. The highest BCUT2D eigenvalue weighted by atomic mass is 16.5. The third-order valence-electron chi connectivity index (χ3n) is 5.27. The third kappa shape index (κ3) is 5.28. The summed E-state index contributed by atoms with van der Waals surface area (Å²) in [4.78, 5) is 27.0. The Bertz CT molecular complexity index is 873. The molecule has 0 aromatic heterocycles. The molecule has 6 nitrogen and oxygen atoms in total. The molecule has 0 aliphatic carbocycles. The second-order valence-electron chi connectivity index (χ2n) is 7.36. The Balaban J connectivity index is 1.51. The summed E-state index contributed by atoms with van der Waals surface area (Å²) in [6.45, 7) is 3.34. The maximum Gasteiger partial charge on any atom is 0.251 e. The zero-order chi connectivity index (χ0) is 20.8. The number of piperidine rings is 1. The summed E-state index contributed by atoms with van der Waals surface area (Å²) in [6, 6.07) is 13.2. The molecule has 0 atom stereocenters. The van der Waals surface area contributed by atoms with Crippen molar-refractivity contribution in [1.82, 2.24) is 10.2 Å². The first-order valence-corrected chi connectivity index (χ1v) is 9.86. The molecule has 2 aromatic rings. The first kappa shape index (κ1) is 20.7. The van der Waals surface area contributed by atoms with Crippen molar-refractivity contribution < 1.29 is 19.1 Å². The molecule has 1 N–H and O–H groups in total. The highest BCUT2D eigenvalue weighted by Gasteiger charge is 2.24. The Labute approximate surface area is 171 Å². The molecule has 6 heteroatoms. The standard InChI is InChI=1S/C23H28N2O4/c1-16-5-4-6-17(13-16)14-22(26)25-11-9-19(10-12-25)24-23(27)18-7-8-20(28-2)21(15-18)29-3/h4-8,13,15,19H,9-12,14H2,1-3H3,(H,24,27). The van der Waals surface area contributed by atoms with Crippen LogP contribution in [0.15, 0.2) is 42.5 Å². The fourth-order valence-corrected chi connectivity index (χ4v) is 3.63. The molecule has 3 rings (SSSR count). The summed E-state index contributed by atoms with van der Waals surface area (Å²) in [5.41, 5.74) is 2.73. The molecule has 2 aromatic carbocycles. The Morgan fingerprint density at radius 2 is 1.76 bits per heavy atom. The van der Waals surface area contributed by atoms with E-state index >= 15 is 0 Å². The van der Waals surface area contributed by atoms with Gasteiger partial charge in [-0.1, -0.05) is 29.8 Å². The molecule has 0 saturated carbocycles. The number of rotatable bonds is 6. The molecule has 1 heterocycles. The fraction of sp³-hybridized carbons (Fsp3) is 0.391. The molecule has 1 aliphatic heterocycles. The molecular weight excluding hydrogens is 368 g/mol. The topological polar surface area (TPSA) is 67.9 Å². The van der Waals surface area contributed by atoms with Gasteiger partial charge in [0.05, 0.1) is 20.6 Å². The number of hydrogen-bond donors (Lipinski definition) is 1. The van der Waals surface area contributed by atoms with Crippen LogP contribution in [-0.4, -0.2) is 50.1 Å². The van der Waals surface area contributed by atoms with E-state index in [9.17, 15) is 9.59 Å². The molecule has 0 spiro atoms. The normalized spacial score (nSPS) is 14.4. The van der Waals surface area contributed by atoms with Gasteiger partial charge in [0.25, 0.3) is 5.91 Å². The fourth-order valence-electron chi connectivity index (χ4n) is 3.63. The number of carbonyl (C=O) groups excluding carboxylic acids is 2. The Morgan fingerprint density at radius 3 is 2.41 bits per heavy atom. The van der Waals surface area contributed by atoms with Gasteiger partial charge in [-0.15, -0.1) is 0 Å². The van der Waals surface area contributed by atoms with Crippen LogP contribution in [-0.2, 0) is 11.2 Å². The minimum atomic E-state index is -0.143. The SMILES string of the molecule is COc1ccc(C(=O)NC2CCN(C(=O)Cc3cccc(C)c3)CC2)cc1OC. The van der Waals surface area contributed by atoms with Crippen LogP contribution in [0, 0.1) is 6.92 Å². The smallest absolute Gasteiger partial charge is 0.251 e. The van der Waals surface area contributed by atoms with Crippen molar-refractivity contribution in [1.29, 1.82) is 0 Å². The van der Waals surface area contributed by atoms with Gasteiger partial charge in [0.15, 0.2) is 11.5 Å². The summed E-state index contributed by atoms with van der Waals surface area (Å²) < 4.78 is 10.5. The van der Waals surface area contributed by atoms with Crippen LogP contribution in [0.1, 0.15) is 34.3 Å². The van der Waals surface area contributed by atoms with Gasteiger partial charge in [-0.25, -0.2) is 0 Å². The molecule has 2 amide bonds. The number of benzene rings is 2. The van der Waals surface area contributed by atoms with Crippen molar-refractivity contribution >= 4 is 11.8 Å². The predicted octanol–water partition coefficient (Wildman–Crippen LogP) is 2.98.